The smallest absolute Gasteiger partial charge is 0.344 e. The van der Waals surface area contributed by atoms with Crippen molar-refractivity contribution in [2.75, 3.05) is 61.3 Å². The minimum Gasteiger partial charge on any atom is -0.344 e. The SMILES string of the molecule is C/C(=C\C(=O)C[C@H](C(=O)NC1CCCCN(c2ccccc2)C1=O)C(C)(C)C)c1ccc(C)cc1.CPOP(=O)(Cc1ccc(/C(C)=C/C(=O)CC2CCCCN(CC(=O)N(C)c3ccccc3)C2=O)cc1)OO.CPP(=O)(OO)C(F)(F)c1ccc(/C(C)=C/C(=O)C[C@H](C(=O)NC2CCCCN(c3ccccc3)C2=O)C(C)(C)C)cc1. The number of benzene rings is 6. The summed E-state index contributed by atoms with van der Waals surface area (Å²) < 4.78 is 67.0. The number of anilines is 3. The molecular formula is C89H114F2N6O16P4. The van der Waals surface area contributed by atoms with E-state index in [1.807, 2.05) is 178 Å². The van der Waals surface area contributed by atoms with Crippen LogP contribution < -0.4 is 25.3 Å². The zero-order valence-electron chi connectivity index (χ0n) is 69.3. The molecule has 3 fully saturated rings. The van der Waals surface area contributed by atoms with Crippen LogP contribution in [0.25, 0.3) is 16.7 Å². The summed E-state index contributed by atoms with van der Waals surface area (Å²) in [5, 5.41) is 23.7. The van der Waals surface area contributed by atoms with Crippen LogP contribution in [0.2, 0.25) is 0 Å². The number of likely N-dealkylation sites (N-methyl/N-ethyl adjacent to an activating group) is 1. The second-order valence-electron chi connectivity index (χ2n) is 32.0. The quantitative estimate of drug-likeness (QED) is 0.0141. The first-order valence-electron chi connectivity index (χ1n) is 39.5. The van der Waals surface area contributed by atoms with Gasteiger partial charge >= 0.3 is 20.3 Å². The van der Waals surface area contributed by atoms with E-state index in [0.29, 0.717) is 55.6 Å². The zero-order chi connectivity index (χ0) is 86.0. The van der Waals surface area contributed by atoms with Gasteiger partial charge in [-0.1, -0.05) is 181 Å². The first kappa shape index (κ1) is 95.5. The Labute approximate surface area is 690 Å². The molecule has 6 amide bonds. The molecule has 6 aromatic carbocycles. The Balaban J connectivity index is 0.000000244. The molecule has 6 aromatic rings. The predicted molar refractivity (Wildman–Crippen MR) is 463 cm³/mol. The summed E-state index contributed by atoms with van der Waals surface area (Å²) in [5.74, 6) is -3.51. The summed E-state index contributed by atoms with van der Waals surface area (Å²) in [7, 11) is -7.47. The van der Waals surface area contributed by atoms with Crippen molar-refractivity contribution in [3.8, 4) is 0 Å². The van der Waals surface area contributed by atoms with Gasteiger partial charge in [-0.3, -0.25) is 56.6 Å². The molecule has 4 N–H and O–H groups in total. The number of aryl methyl sites for hydroxylation is 1. The molecule has 7 unspecified atom stereocenters. The van der Waals surface area contributed by atoms with Gasteiger partial charge in [-0.05, 0) is 205 Å². The maximum Gasteiger partial charge on any atom is 0.364 e. The highest BCUT2D eigenvalue weighted by atomic mass is 32.1. The van der Waals surface area contributed by atoms with Crippen LogP contribution in [0.5, 0.6) is 0 Å². The fraction of sp³-hybridized carbons (Fsp3) is 0.427. The molecular weight excluding hydrogens is 1570 g/mol. The summed E-state index contributed by atoms with van der Waals surface area (Å²) >= 11 is 0. The Hall–Kier alpha value is -8.65. The molecule has 0 spiro atoms. The van der Waals surface area contributed by atoms with E-state index >= 15 is 0 Å². The number of allylic oxidation sites excluding steroid dienone is 6. The predicted octanol–water partition coefficient (Wildman–Crippen LogP) is 18.9. The maximum atomic E-state index is 14.7. The van der Waals surface area contributed by atoms with Crippen LogP contribution in [0.15, 0.2) is 182 Å². The molecule has 3 heterocycles. The average Bonchev–Trinajstić information content (AvgIpc) is 1.29. The molecule has 28 heteroatoms. The van der Waals surface area contributed by atoms with Crippen LogP contribution in [-0.4, -0.2) is 127 Å². The minimum atomic E-state index is -4.63. The normalized spacial score (nSPS) is 18.5. The average molecular weight is 1690 g/mol. The number of nitrogens with zero attached hydrogens (tertiary/aromatic N) is 4. The number of carbonyl (C=O) groups is 9. The third-order valence-electron chi connectivity index (χ3n) is 21.1. The van der Waals surface area contributed by atoms with E-state index in [2.05, 4.69) is 20.0 Å². The number of nitrogens with one attached hydrogen (secondary N) is 2. The third-order valence-corrected chi connectivity index (χ3v) is 28.6. The molecule has 0 bridgehead atoms. The van der Waals surface area contributed by atoms with Gasteiger partial charge in [0.15, 0.2) is 17.3 Å². The fourth-order valence-electron chi connectivity index (χ4n) is 14.1. The largest absolute Gasteiger partial charge is 0.364 e. The van der Waals surface area contributed by atoms with Crippen molar-refractivity contribution in [2.45, 2.75) is 170 Å². The van der Waals surface area contributed by atoms with E-state index in [-0.39, 0.29) is 93.6 Å². The number of para-hydroxylation sites is 3. The summed E-state index contributed by atoms with van der Waals surface area (Å²) in [6.07, 6.45) is 11.2. The summed E-state index contributed by atoms with van der Waals surface area (Å²) in [6.45, 7) is 23.5. The van der Waals surface area contributed by atoms with E-state index in [0.717, 1.165) is 95.6 Å². The van der Waals surface area contributed by atoms with Crippen molar-refractivity contribution in [2.24, 2.45) is 28.6 Å². The number of halogens is 2. The second-order valence-corrected chi connectivity index (χ2v) is 40.2. The topological polar surface area (TPSA) is 293 Å². The number of ketones is 3. The minimum absolute atomic E-state index is 0.0197. The molecule has 3 aliphatic rings. The zero-order valence-corrected chi connectivity index (χ0v) is 73.1. The number of hydrogen-bond acceptors (Lipinski definition) is 16. The lowest BCUT2D eigenvalue weighted by atomic mass is 9.77. The molecule has 0 aliphatic carbocycles. The van der Waals surface area contributed by atoms with E-state index < -0.39 is 74.8 Å². The Morgan fingerprint density at radius 1 is 0.556 bits per heavy atom. The van der Waals surface area contributed by atoms with Crippen molar-refractivity contribution in [3.05, 3.63) is 215 Å². The van der Waals surface area contributed by atoms with Crippen LogP contribution in [-0.2, 0) is 77.8 Å². The lowest BCUT2D eigenvalue weighted by molar-refractivity contribution is -0.144. The van der Waals surface area contributed by atoms with Crippen LogP contribution >= 0.6 is 31.7 Å². The van der Waals surface area contributed by atoms with E-state index in [9.17, 15) is 61.1 Å². The number of alkyl halides is 2. The summed E-state index contributed by atoms with van der Waals surface area (Å²) in [4.78, 5) is 125. The van der Waals surface area contributed by atoms with E-state index in [4.69, 9.17) is 14.8 Å². The van der Waals surface area contributed by atoms with Crippen LogP contribution in [0.3, 0.4) is 0 Å². The van der Waals surface area contributed by atoms with Crippen molar-refractivity contribution >= 4 is 118 Å². The summed E-state index contributed by atoms with van der Waals surface area (Å²) in [6, 6.07) is 46.9. The highest BCUT2D eigenvalue weighted by Gasteiger charge is 2.53. The first-order valence-corrected chi connectivity index (χ1v) is 46.6. The molecule has 0 aromatic heterocycles. The molecule has 0 saturated carbocycles. The Bertz CT molecular complexity index is 4570. The van der Waals surface area contributed by atoms with Crippen molar-refractivity contribution in [1.82, 2.24) is 15.5 Å². The van der Waals surface area contributed by atoms with Gasteiger partial charge in [-0.2, -0.15) is 18.1 Å². The van der Waals surface area contributed by atoms with Crippen LogP contribution in [0.1, 0.15) is 173 Å². The fourth-order valence-corrected chi connectivity index (χ4v) is 18.7. The number of amides is 6. The number of carbonyl (C=O) groups excluding carboxylic acids is 9. The number of likely N-dealkylation sites (tertiary alicyclic amines) is 1. The first-order chi connectivity index (χ1) is 55.3. The molecule has 3 saturated heterocycles. The number of hydrogen-bond donors (Lipinski definition) is 4. The molecule has 9 rings (SSSR count). The van der Waals surface area contributed by atoms with Crippen LogP contribution in [0.4, 0.5) is 25.8 Å². The lowest BCUT2D eigenvalue weighted by Crippen LogP contribution is -2.51. The maximum absolute atomic E-state index is 14.7. The van der Waals surface area contributed by atoms with Gasteiger partial charge in [0, 0.05) is 95.1 Å². The molecule has 117 heavy (non-hydrogen) atoms. The second kappa shape index (κ2) is 44.4. The molecule has 0 radical (unpaired) electrons. The highest BCUT2D eigenvalue weighted by Crippen LogP contribution is 2.76. The van der Waals surface area contributed by atoms with Crippen molar-refractivity contribution in [1.29, 1.82) is 0 Å². The highest BCUT2D eigenvalue weighted by molar-refractivity contribution is 8.22. The van der Waals surface area contributed by atoms with E-state index in [1.54, 1.807) is 70.6 Å². The van der Waals surface area contributed by atoms with Gasteiger partial charge < -0.3 is 30.2 Å². The molecule has 9 atom stereocenters. The van der Waals surface area contributed by atoms with E-state index in [1.165, 1.54) is 30.9 Å². The van der Waals surface area contributed by atoms with Crippen LogP contribution in [0, 0.1) is 35.5 Å². The molecule has 630 valence electrons. The Morgan fingerprint density at radius 2 is 0.966 bits per heavy atom. The number of rotatable bonds is 30. The van der Waals surface area contributed by atoms with Gasteiger partial charge in [0.1, 0.15) is 18.6 Å². The standard InChI is InChI=1S/C31H40F2N2O6P2.C30H38N2O3.C28H36N2O7P2/c1-21(22-14-16-23(17-15-22)31(32,33)43(40,41-39)42-5)19-25(36)20-26(30(2,3)4)28(37)34-27-13-9-10-18-35(29(27)38)24-11-7-6-8-12-24;1-21-14-16-23(17-15-21)22(2)19-25(33)20-26(30(3,4)5)28(34)31-27-13-9-10-18-32(29(27)35)24-11-7-6-8-12-24;1-21(23-14-12-22(13-15-23)20-39(35,36-34)37-38-3)17-26(31)18-24-9-7-8-16-30(28(24)33)19-27(32)29(2)25-10-5-4-6-11-25/h6-8,11-12,14-17,19,26-27,39,42H,9-10,13,18,20H2,1-5H3,(H,34,37);6-8,11-12,14-17,19,26-27H,9-10,13,18,20H2,1-5H3,(H,31,34);4-6,10-15,17,24,34,38H,7-9,16,18-20H2,1-3H3/b21-19+;22-19+;21-17+/t26-,27?,43?;26-,27?;/m11./s1. The summed E-state index contributed by atoms with van der Waals surface area (Å²) in [5.41, 5.74) is 3.08. The Kier molecular flexibility index (Phi) is 36.2. The van der Waals surface area contributed by atoms with Gasteiger partial charge in [0.2, 0.25) is 35.4 Å². The van der Waals surface area contributed by atoms with Crippen molar-refractivity contribution in [3.63, 3.8) is 0 Å². The van der Waals surface area contributed by atoms with Gasteiger partial charge in [0.25, 0.3) is 0 Å². The van der Waals surface area contributed by atoms with Crippen molar-refractivity contribution < 1.29 is 85.2 Å². The molecule has 3 aliphatic heterocycles. The monoisotopic (exact) mass is 1680 g/mol. The lowest BCUT2D eigenvalue weighted by Gasteiger charge is -2.31. The van der Waals surface area contributed by atoms with Gasteiger partial charge in [-0.25, -0.2) is 10.5 Å². The molecule has 22 nitrogen and oxygen atoms in total. The van der Waals surface area contributed by atoms with Gasteiger partial charge in [-0.15, -0.1) is 0 Å². The third kappa shape index (κ3) is 27.7. The Morgan fingerprint density at radius 3 is 1.38 bits per heavy atom. The van der Waals surface area contributed by atoms with Gasteiger partial charge in [0.05, 0.1) is 6.16 Å².